The summed E-state index contributed by atoms with van der Waals surface area (Å²) in [5.74, 6) is -0.156. The number of ether oxygens (including phenoxy) is 1. The van der Waals surface area contributed by atoms with Gasteiger partial charge in [-0.3, -0.25) is 13.9 Å². The molecule has 2 rings (SSSR count). The van der Waals surface area contributed by atoms with Crippen LogP contribution in [0.1, 0.15) is 45.2 Å². The average Bonchev–Trinajstić information content (AvgIpc) is 2.77. The van der Waals surface area contributed by atoms with Crippen LogP contribution >= 0.6 is 11.6 Å². The maximum absolute atomic E-state index is 13.7. The monoisotopic (exact) mass is 537 g/mol. The first-order chi connectivity index (χ1) is 16.7. The van der Waals surface area contributed by atoms with Gasteiger partial charge in [-0.05, 0) is 69.5 Å². The third kappa shape index (κ3) is 7.86. The van der Waals surface area contributed by atoms with Crippen molar-refractivity contribution in [2.75, 3.05) is 24.2 Å². The van der Waals surface area contributed by atoms with E-state index in [1.807, 2.05) is 39.8 Å². The summed E-state index contributed by atoms with van der Waals surface area (Å²) in [5.41, 5.74) is 1.12. The first-order valence-corrected chi connectivity index (χ1v) is 13.9. The molecule has 198 valence electrons. The summed E-state index contributed by atoms with van der Waals surface area (Å²) >= 11 is 6.24. The summed E-state index contributed by atoms with van der Waals surface area (Å²) in [6.07, 6.45) is 1.39. The van der Waals surface area contributed by atoms with Crippen molar-refractivity contribution in [1.29, 1.82) is 0 Å². The number of sulfonamides is 1. The molecular weight excluding hydrogens is 502 g/mol. The highest BCUT2D eigenvalue weighted by Gasteiger charge is 2.33. The number of nitrogens with one attached hydrogen (secondary N) is 1. The number of nitrogens with zero attached hydrogens (tertiary/aromatic N) is 2. The molecule has 2 amide bonds. The van der Waals surface area contributed by atoms with Gasteiger partial charge in [-0.25, -0.2) is 8.42 Å². The lowest BCUT2D eigenvalue weighted by Gasteiger charge is -2.34. The largest absolute Gasteiger partial charge is 0.497 e. The van der Waals surface area contributed by atoms with Gasteiger partial charge in [-0.15, -0.1) is 0 Å². The van der Waals surface area contributed by atoms with Crippen molar-refractivity contribution in [1.82, 2.24) is 10.2 Å². The lowest BCUT2D eigenvalue weighted by molar-refractivity contribution is -0.141. The number of methoxy groups -OCH3 is 1. The van der Waals surface area contributed by atoms with Gasteiger partial charge < -0.3 is 15.0 Å². The molecule has 2 aromatic rings. The molecule has 0 radical (unpaired) electrons. The Morgan fingerprint density at radius 2 is 1.72 bits per heavy atom. The molecule has 0 saturated carbocycles. The quantitative estimate of drug-likeness (QED) is 0.491. The predicted molar refractivity (Wildman–Crippen MR) is 144 cm³/mol. The van der Waals surface area contributed by atoms with E-state index < -0.39 is 34.1 Å². The second-order valence-electron chi connectivity index (χ2n) is 9.69. The second-order valence-corrected chi connectivity index (χ2v) is 12.0. The Kier molecular flexibility index (Phi) is 9.79. The van der Waals surface area contributed by atoms with Crippen LogP contribution in [0.25, 0.3) is 0 Å². The molecule has 1 N–H and O–H groups in total. The van der Waals surface area contributed by atoms with Crippen LogP contribution in [-0.2, 0) is 26.2 Å². The maximum Gasteiger partial charge on any atom is 0.244 e. The first-order valence-electron chi connectivity index (χ1n) is 11.6. The molecule has 0 fully saturated rings. The van der Waals surface area contributed by atoms with E-state index in [1.165, 1.54) is 4.90 Å². The summed E-state index contributed by atoms with van der Waals surface area (Å²) in [7, 11) is -2.28. The van der Waals surface area contributed by atoms with Gasteiger partial charge in [-0.1, -0.05) is 36.7 Å². The molecule has 0 aliphatic carbocycles. The number of hydrogen-bond acceptors (Lipinski definition) is 5. The summed E-state index contributed by atoms with van der Waals surface area (Å²) in [6, 6.07) is 11.2. The molecule has 1 atom stereocenters. The zero-order valence-electron chi connectivity index (χ0n) is 22.0. The van der Waals surface area contributed by atoms with Crippen molar-refractivity contribution < 1.29 is 22.7 Å². The molecule has 0 spiro atoms. The lowest BCUT2D eigenvalue weighted by atomic mass is 10.1. The molecule has 8 nitrogen and oxygen atoms in total. The summed E-state index contributed by atoms with van der Waals surface area (Å²) in [5, 5.41) is 3.33. The van der Waals surface area contributed by atoms with E-state index in [9.17, 15) is 18.0 Å². The van der Waals surface area contributed by atoms with Gasteiger partial charge in [0.2, 0.25) is 21.8 Å². The van der Waals surface area contributed by atoms with E-state index in [0.29, 0.717) is 28.4 Å². The van der Waals surface area contributed by atoms with Crippen LogP contribution in [0.2, 0.25) is 5.02 Å². The number of halogens is 1. The number of anilines is 1. The van der Waals surface area contributed by atoms with Crippen LogP contribution < -0.4 is 14.4 Å². The number of carbonyl (C=O) groups excluding carboxylic acids is 2. The van der Waals surface area contributed by atoms with Crippen molar-refractivity contribution in [2.24, 2.45) is 0 Å². The van der Waals surface area contributed by atoms with Gasteiger partial charge in [0.05, 0.1) is 19.1 Å². The predicted octanol–water partition coefficient (Wildman–Crippen LogP) is 4.15. The third-order valence-corrected chi connectivity index (χ3v) is 7.12. The Morgan fingerprint density at radius 1 is 1.11 bits per heavy atom. The summed E-state index contributed by atoms with van der Waals surface area (Å²) in [4.78, 5) is 28.4. The van der Waals surface area contributed by atoms with Gasteiger partial charge in [0.1, 0.15) is 18.3 Å². The molecule has 36 heavy (non-hydrogen) atoms. The number of carbonyl (C=O) groups is 2. The van der Waals surface area contributed by atoms with Gasteiger partial charge in [0.25, 0.3) is 0 Å². The van der Waals surface area contributed by atoms with Crippen molar-refractivity contribution in [3.8, 4) is 5.75 Å². The molecule has 2 aromatic carbocycles. The Morgan fingerprint density at radius 3 is 2.22 bits per heavy atom. The van der Waals surface area contributed by atoms with Crippen LogP contribution in [0.15, 0.2) is 42.5 Å². The fourth-order valence-corrected chi connectivity index (χ4v) is 4.83. The van der Waals surface area contributed by atoms with Crippen LogP contribution in [0, 0.1) is 6.92 Å². The van der Waals surface area contributed by atoms with Crippen molar-refractivity contribution in [3.63, 3.8) is 0 Å². The van der Waals surface area contributed by atoms with Crippen molar-refractivity contribution in [2.45, 2.75) is 59.2 Å². The number of rotatable bonds is 10. The minimum absolute atomic E-state index is 0.116. The summed E-state index contributed by atoms with van der Waals surface area (Å²) in [6.45, 7) is 8.74. The molecule has 1 unspecified atom stereocenters. The zero-order chi connectivity index (χ0) is 27.3. The average molecular weight is 538 g/mol. The highest BCUT2D eigenvalue weighted by molar-refractivity contribution is 7.92. The fraction of sp³-hybridized carbons (Fsp3) is 0.462. The Balaban J connectivity index is 2.50. The van der Waals surface area contributed by atoms with Gasteiger partial charge >= 0.3 is 0 Å². The number of benzene rings is 2. The first kappa shape index (κ1) is 29.5. The molecule has 10 heteroatoms. The van der Waals surface area contributed by atoms with E-state index >= 15 is 0 Å². The van der Waals surface area contributed by atoms with E-state index in [0.717, 1.165) is 16.1 Å². The van der Waals surface area contributed by atoms with E-state index in [2.05, 4.69) is 5.32 Å². The van der Waals surface area contributed by atoms with Crippen molar-refractivity contribution >= 4 is 39.1 Å². The van der Waals surface area contributed by atoms with E-state index in [4.69, 9.17) is 16.3 Å². The minimum Gasteiger partial charge on any atom is -0.497 e. The van der Waals surface area contributed by atoms with Gasteiger partial charge in [0, 0.05) is 17.1 Å². The molecule has 0 aliphatic heterocycles. The highest BCUT2D eigenvalue weighted by atomic mass is 35.5. The smallest absolute Gasteiger partial charge is 0.244 e. The minimum atomic E-state index is -3.84. The molecular formula is C26H36ClN3O5S. The molecule has 0 bridgehead atoms. The Labute approximate surface area is 219 Å². The molecule has 0 saturated heterocycles. The molecule has 0 aliphatic rings. The standard InChI is InChI=1S/C26H36ClN3O5S/c1-8-22(25(32)28-26(3,4)5)29(16-19-12-14-20(35-6)15-13-19)24(31)17-30(36(7,33)34)23-11-9-10-21(27)18(23)2/h9-15,22H,8,16-17H2,1-7H3,(H,28,32). The van der Waals surface area contributed by atoms with Gasteiger partial charge in [-0.2, -0.15) is 0 Å². The normalized spacial score (nSPS) is 12.6. The third-order valence-electron chi connectivity index (χ3n) is 5.58. The van der Waals surface area contributed by atoms with E-state index in [-0.39, 0.29) is 12.5 Å². The number of amides is 2. The molecule has 0 heterocycles. The molecule has 0 aromatic heterocycles. The van der Waals surface area contributed by atoms with Crippen LogP contribution in [-0.4, -0.2) is 56.6 Å². The zero-order valence-corrected chi connectivity index (χ0v) is 23.5. The summed E-state index contributed by atoms with van der Waals surface area (Å²) < 4.78 is 31.8. The van der Waals surface area contributed by atoms with Crippen molar-refractivity contribution in [3.05, 3.63) is 58.6 Å². The SMILES string of the molecule is CCC(C(=O)NC(C)(C)C)N(Cc1ccc(OC)cc1)C(=O)CN(c1cccc(Cl)c1C)S(C)(=O)=O. The lowest BCUT2D eigenvalue weighted by Crippen LogP contribution is -2.55. The fourth-order valence-electron chi connectivity index (χ4n) is 3.76. The van der Waals surface area contributed by atoms with Crippen LogP contribution in [0.5, 0.6) is 5.75 Å². The van der Waals surface area contributed by atoms with E-state index in [1.54, 1.807) is 44.4 Å². The number of hydrogen-bond donors (Lipinski definition) is 1. The van der Waals surface area contributed by atoms with Gasteiger partial charge in [0.15, 0.2) is 0 Å². The topological polar surface area (TPSA) is 96.0 Å². The Hall–Kier alpha value is -2.78. The maximum atomic E-state index is 13.7. The van der Waals surface area contributed by atoms with Crippen LogP contribution in [0.4, 0.5) is 5.69 Å². The van der Waals surface area contributed by atoms with Crippen LogP contribution in [0.3, 0.4) is 0 Å². The second kappa shape index (κ2) is 12.0. The highest BCUT2D eigenvalue weighted by Crippen LogP contribution is 2.28. The Bertz CT molecular complexity index is 1180.